The molecule has 1 aliphatic rings. The molecule has 0 unspecified atom stereocenters. The highest BCUT2D eigenvalue weighted by Gasteiger charge is 2.12. The van der Waals surface area contributed by atoms with Crippen LogP contribution < -0.4 is 5.32 Å². The van der Waals surface area contributed by atoms with Gasteiger partial charge in [0.25, 0.3) is 0 Å². The molecule has 114 valence electrons. The maximum absolute atomic E-state index is 12.1. The molecule has 1 aromatic carbocycles. The molecule has 0 radical (unpaired) electrons. The van der Waals surface area contributed by atoms with Crippen LogP contribution in [0.2, 0.25) is 0 Å². The average molecular weight is 286 g/mol. The predicted octanol–water partition coefficient (Wildman–Crippen LogP) is 3.40. The minimum Gasteiger partial charge on any atom is -0.326 e. The van der Waals surface area contributed by atoms with Gasteiger partial charge < -0.3 is 5.32 Å². The molecule has 0 fully saturated rings. The molecule has 0 atom stereocenters. The van der Waals surface area contributed by atoms with E-state index in [0.717, 1.165) is 37.3 Å². The number of aryl methyl sites for hydroxylation is 2. The van der Waals surface area contributed by atoms with Crippen molar-refractivity contribution in [3.05, 3.63) is 41.5 Å². The van der Waals surface area contributed by atoms with Gasteiger partial charge in [-0.05, 0) is 56.0 Å². The molecule has 1 N–H and O–H groups in total. The Labute approximate surface area is 128 Å². The average Bonchev–Trinajstić information content (AvgIpc) is 2.90. The largest absolute Gasteiger partial charge is 0.326 e. The fraction of sp³-hybridized carbons (Fsp3) is 0.500. The van der Waals surface area contributed by atoms with E-state index in [4.69, 9.17) is 0 Å². The number of benzene rings is 1. The van der Waals surface area contributed by atoms with E-state index in [1.807, 2.05) is 13.0 Å². The number of carbonyl (C=O) groups excluding carboxylic acids is 1. The fourth-order valence-corrected chi connectivity index (χ4v) is 2.86. The van der Waals surface area contributed by atoms with Gasteiger partial charge in [-0.3, -0.25) is 9.69 Å². The maximum Gasteiger partial charge on any atom is 0.225 e. The Balaban J connectivity index is 1.83. The molecule has 0 spiro atoms. The van der Waals surface area contributed by atoms with Crippen LogP contribution in [0.15, 0.2) is 30.4 Å². The lowest BCUT2D eigenvalue weighted by Gasteiger charge is -2.20. The number of likely N-dealkylation sites (N-methyl/N-ethyl adjacent to an activating group) is 1. The number of nitrogens with zero attached hydrogens (tertiary/aromatic N) is 1. The highest BCUT2D eigenvalue weighted by molar-refractivity contribution is 5.91. The van der Waals surface area contributed by atoms with Gasteiger partial charge in [0.2, 0.25) is 5.91 Å². The van der Waals surface area contributed by atoms with Crippen molar-refractivity contribution in [1.29, 1.82) is 0 Å². The molecule has 21 heavy (non-hydrogen) atoms. The Kier molecular flexibility index (Phi) is 5.57. The number of carbonyl (C=O) groups is 1. The monoisotopic (exact) mass is 286 g/mol. The van der Waals surface area contributed by atoms with Crippen LogP contribution in [0.4, 0.5) is 5.69 Å². The van der Waals surface area contributed by atoms with E-state index in [1.165, 1.54) is 24.0 Å². The summed E-state index contributed by atoms with van der Waals surface area (Å²) in [4.78, 5) is 14.3. The van der Waals surface area contributed by atoms with E-state index in [2.05, 4.69) is 35.9 Å². The second kappa shape index (κ2) is 7.41. The topological polar surface area (TPSA) is 32.3 Å². The summed E-state index contributed by atoms with van der Waals surface area (Å²) in [5, 5.41) is 3.02. The summed E-state index contributed by atoms with van der Waals surface area (Å²) in [7, 11) is 0. The Bertz CT molecular complexity index is 522. The lowest BCUT2D eigenvalue weighted by molar-refractivity contribution is -0.116. The van der Waals surface area contributed by atoms with E-state index < -0.39 is 0 Å². The molecule has 0 saturated heterocycles. The number of amides is 1. The summed E-state index contributed by atoms with van der Waals surface area (Å²) in [5.41, 5.74) is 4.90. The Morgan fingerprint density at radius 2 is 2.10 bits per heavy atom. The SMILES string of the molecule is C=C(C)CN(CC)CCC(=O)Nc1ccc2c(c1)CCC2. The zero-order chi connectivity index (χ0) is 15.2. The molecule has 0 aromatic heterocycles. The predicted molar refractivity (Wildman–Crippen MR) is 88.6 cm³/mol. The van der Waals surface area contributed by atoms with Gasteiger partial charge in [0.1, 0.15) is 0 Å². The van der Waals surface area contributed by atoms with Gasteiger partial charge in [-0.2, -0.15) is 0 Å². The summed E-state index contributed by atoms with van der Waals surface area (Å²) in [6, 6.07) is 6.30. The summed E-state index contributed by atoms with van der Waals surface area (Å²) >= 11 is 0. The van der Waals surface area contributed by atoms with Crippen LogP contribution in [0, 0.1) is 0 Å². The molecular weight excluding hydrogens is 260 g/mol. The molecule has 0 aliphatic heterocycles. The van der Waals surface area contributed by atoms with E-state index in [-0.39, 0.29) is 5.91 Å². The van der Waals surface area contributed by atoms with Crippen LogP contribution in [0.5, 0.6) is 0 Å². The third-order valence-electron chi connectivity index (χ3n) is 3.98. The molecule has 0 heterocycles. The van der Waals surface area contributed by atoms with Crippen molar-refractivity contribution >= 4 is 11.6 Å². The van der Waals surface area contributed by atoms with Crippen molar-refractivity contribution in [2.24, 2.45) is 0 Å². The van der Waals surface area contributed by atoms with Crippen LogP contribution in [0.25, 0.3) is 0 Å². The number of anilines is 1. The molecule has 0 saturated carbocycles. The van der Waals surface area contributed by atoms with E-state index in [9.17, 15) is 4.79 Å². The number of nitrogens with one attached hydrogen (secondary N) is 1. The number of hydrogen-bond acceptors (Lipinski definition) is 2. The van der Waals surface area contributed by atoms with Gasteiger partial charge in [0, 0.05) is 25.2 Å². The lowest BCUT2D eigenvalue weighted by Crippen LogP contribution is -2.29. The Morgan fingerprint density at radius 1 is 1.33 bits per heavy atom. The van der Waals surface area contributed by atoms with Crippen LogP contribution in [-0.2, 0) is 17.6 Å². The van der Waals surface area contributed by atoms with Gasteiger partial charge >= 0.3 is 0 Å². The second-order valence-electron chi connectivity index (χ2n) is 5.96. The van der Waals surface area contributed by atoms with Crippen molar-refractivity contribution in [1.82, 2.24) is 4.90 Å². The summed E-state index contributed by atoms with van der Waals surface area (Å²) in [6.45, 7) is 10.6. The van der Waals surface area contributed by atoms with Crippen LogP contribution >= 0.6 is 0 Å². The highest BCUT2D eigenvalue weighted by Crippen LogP contribution is 2.24. The third-order valence-corrected chi connectivity index (χ3v) is 3.98. The molecule has 1 aliphatic carbocycles. The van der Waals surface area contributed by atoms with Crippen molar-refractivity contribution in [2.75, 3.05) is 25.0 Å². The first kappa shape index (κ1) is 15.8. The minimum absolute atomic E-state index is 0.0908. The minimum atomic E-state index is 0.0908. The van der Waals surface area contributed by atoms with Gasteiger partial charge in [-0.25, -0.2) is 0 Å². The Morgan fingerprint density at radius 3 is 2.81 bits per heavy atom. The molecule has 0 bridgehead atoms. The molecular formula is C18H26N2O. The van der Waals surface area contributed by atoms with Gasteiger partial charge in [0.15, 0.2) is 0 Å². The second-order valence-corrected chi connectivity index (χ2v) is 5.96. The van der Waals surface area contributed by atoms with Crippen molar-refractivity contribution in [3.63, 3.8) is 0 Å². The summed E-state index contributed by atoms with van der Waals surface area (Å²) in [5.74, 6) is 0.0908. The van der Waals surface area contributed by atoms with E-state index in [1.54, 1.807) is 0 Å². The molecule has 1 amide bonds. The van der Waals surface area contributed by atoms with Crippen LogP contribution in [0.3, 0.4) is 0 Å². The number of fused-ring (bicyclic) bond motifs is 1. The van der Waals surface area contributed by atoms with Crippen LogP contribution in [-0.4, -0.2) is 30.4 Å². The molecule has 3 heteroatoms. The quantitative estimate of drug-likeness (QED) is 0.779. The molecule has 3 nitrogen and oxygen atoms in total. The van der Waals surface area contributed by atoms with Crippen LogP contribution in [0.1, 0.15) is 37.8 Å². The first-order valence-electron chi connectivity index (χ1n) is 7.87. The van der Waals surface area contributed by atoms with E-state index in [0.29, 0.717) is 6.42 Å². The smallest absolute Gasteiger partial charge is 0.225 e. The zero-order valence-corrected chi connectivity index (χ0v) is 13.2. The summed E-state index contributed by atoms with van der Waals surface area (Å²) in [6.07, 6.45) is 4.08. The van der Waals surface area contributed by atoms with Gasteiger partial charge in [-0.15, -0.1) is 0 Å². The standard InChI is InChI=1S/C18H26N2O/c1-4-20(13-14(2)3)11-10-18(21)19-17-9-8-15-6-5-7-16(15)12-17/h8-9,12H,2,4-7,10-11,13H2,1,3H3,(H,19,21). The molecule has 1 aromatic rings. The maximum atomic E-state index is 12.1. The number of hydrogen-bond donors (Lipinski definition) is 1. The van der Waals surface area contributed by atoms with E-state index >= 15 is 0 Å². The first-order valence-corrected chi connectivity index (χ1v) is 7.87. The highest BCUT2D eigenvalue weighted by atomic mass is 16.1. The summed E-state index contributed by atoms with van der Waals surface area (Å²) < 4.78 is 0. The molecule has 2 rings (SSSR count). The zero-order valence-electron chi connectivity index (χ0n) is 13.2. The number of rotatable bonds is 7. The first-order chi connectivity index (χ1) is 10.1. The lowest BCUT2D eigenvalue weighted by atomic mass is 10.1. The Hall–Kier alpha value is -1.61. The third kappa shape index (κ3) is 4.71. The van der Waals surface area contributed by atoms with Gasteiger partial charge in [-0.1, -0.05) is 25.1 Å². The van der Waals surface area contributed by atoms with Crippen molar-refractivity contribution in [3.8, 4) is 0 Å². The van der Waals surface area contributed by atoms with Crippen molar-refractivity contribution < 1.29 is 4.79 Å². The fourth-order valence-electron chi connectivity index (χ4n) is 2.86. The van der Waals surface area contributed by atoms with Crippen molar-refractivity contribution in [2.45, 2.75) is 39.5 Å². The normalized spacial score (nSPS) is 13.3. The van der Waals surface area contributed by atoms with Gasteiger partial charge in [0.05, 0.1) is 0 Å².